The summed E-state index contributed by atoms with van der Waals surface area (Å²) in [6.07, 6.45) is 0. The molecule has 0 spiro atoms. The summed E-state index contributed by atoms with van der Waals surface area (Å²) in [7, 11) is 0. The molecule has 0 aliphatic carbocycles. The van der Waals surface area contributed by atoms with E-state index in [1.807, 2.05) is 60.0 Å². The first-order valence-corrected chi connectivity index (χ1v) is 9.45. The standard InChI is InChI=1S/C18H15BrN4OS/c1-2-24-16-9-7-15(8-10-16)23-17(13-3-5-14(19)6-4-13)21-22-18(23)25-12-11-20/h3-10H,2,12H2,1H3. The van der Waals surface area contributed by atoms with Gasteiger partial charge in [0.25, 0.3) is 0 Å². The first-order valence-electron chi connectivity index (χ1n) is 7.67. The van der Waals surface area contributed by atoms with Gasteiger partial charge in [0.1, 0.15) is 5.75 Å². The summed E-state index contributed by atoms with van der Waals surface area (Å²) in [4.78, 5) is 0. The van der Waals surface area contributed by atoms with E-state index in [9.17, 15) is 0 Å². The number of rotatable bonds is 6. The molecule has 3 rings (SSSR count). The Kier molecular flexibility index (Phi) is 5.74. The van der Waals surface area contributed by atoms with Crippen LogP contribution in [0.3, 0.4) is 0 Å². The molecule has 0 saturated carbocycles. The van der Waals surface area contributed by atoms with Crippen molar-refractivity contribution in [2.75, 3.05) is 12.4 Å². The van der Waals surface area contributed by atoms with E-state index in [1.54, 1.807) is 0 Å². The van der Waals surface area contributed by atoms with Gasteiger partial charge in [-0.05, 0) is 43.3 Å². The second-order valence-corrected chi connectivity index (χ2v) is 6.88. The molecule has 0 unspecified atom stereocenters. The van der Waals surface area contributed by atoms with Gasteiger partial charge in [-0.2, -0.15) is 5.26 Å². The van der Waals surface area contributed by atoms with Crippen molar-refractivity contribution in [2.45, 2.75) is 12.1 Å². The maximum Gasteiger partial charge on any atom is 0.197 e. The van der Waals surface area contributed by atoms with Gasteiger partial charge in [0, 0.05) is 15.7 Å². The molecule has 126 valence electrons. The molecule has 3 aromatic rings. The van der Waals surface area contributed by atoms with Gasteiger partial charge < -0.3 is 4.74 Å². The minimum atomic E-state index is 0.315. The van der Waals surface area contributed by atoms with E-state index < -0.39 is 0 Å². The summed E-state index contributed by atoms with van der Waals surface area (Å²) in [5.74, 6) is 1.86. The molecular weight excluding hydrogens is 400 g/mol. The van der Waals surface area contributed by atoms with Gasteiger partial charge in [-0.15, -0.1) is 10.2 Å². The third kappa shape index (κ3) is 4.03. The van der Waals surface area contributed by atoms with Crippen molar-refractivity contribution in [3.05, 3.63) is 53.0 Å². The largest absolute Gasteiger partial charge is 0.494 e. The zero-order valence-electron chi connectivity index (χ0n) is 13.5. The van der Waals surface area contributed by atoms with E-state index in [1.165, 1.54) is 11.8 Å². The summed E-state index contributed by atoms with van der Waals surface area (Å²) in [6.45, 7) is 2.58. The van der Waals surface area contributed by atoms with Crippen LogP contribution in [0.4, 0.5) is 0 Å². The molecule has 0 aliphatic rings. The molecule has 5 nitrogen and oxygen atoms in total. The second kappa shape index (κ2) is 8.19. The molecule has 0 N–H and O–H groups in total. The van der Waals surface area contributed by atoms with E-state index in [-0.39, 0.29) is 0 Å². The van der Waals surface area contributed by atoms with Crippen molar-refractivity contribution in [2.24, 2.45) is 0 Å². The fraction of sp³-hybridized carbons (Fsp3) is 0.167. The summed E-state index contributed by atoms with van der Waals surface area (Å²) >= 11 is 4.81. The lowest BCUT2D eigenvalue weighted by Gasteiger charge is -2.11. The molecule has 0 saturated heterocycles. The fourth-order valence-electron chi connectivity index (χ4n) is 2.34. The Balaban J connectivity index is 2.06. The lowest BCUT2D eigenvalue weighted by molar-refractivity contribution is 0.340. The Morgan fingerprint density at radius 3 is 2.48 bits per heavy atom. The number of halogens is 1. The van der Waals surface area contributed by atoms with Crippen molar-refractivity contribution < 1.29 is 4.74 Å². The van der Waals surface area contributed by atoms with Crippen LogP contribution in [0.5, 0.6) is 5.75 Å². The van der Waals surface area contributed by atoms with Crippen LogP contribution in [0.15, 0.2) is 58.2 Å². The Hall–Kier alpha value is -2.30. The van der Waals surface area contributed by atoms with Gasteiger partial charge in [0.05, 0.1) is 18.4 Å². The van der Waals surface area contributed by atoms with Gasteiger partial charge in [0.15, 0.2) is 11.0 Å². The van der Waals surface area contributed by atoms with Crippen molar-refractivity contribution in [3.63, 3.8) is 0 Å². The van der Waals surface area contributed by atoms with Crippen molar-refractivity contribution in [3.8, 4) is 28.9 Å². The molecule has 0 radical (unpaired) electrons. The molecule has 2 aromatic carbocycles. The quantitative estimate of drug-likeness (QED) is 0.546. The number of hydrogen-bond acceptors (Lipinski definition) is 5. The molecule has 7 heteroatoms. The Bertz CT molecular complexity index is 885. The molecule has 0 fully saturated rings. The fourth-order valence-corrected chi connectivity index (χ4v) is 3.21. The first-order chi connectivity index (χ1) is 12.2. The highest BCUT2D eigenvalue weighted by atomic mass is 79.9. The zero-order chi connectivity index (χ0) is 17.6. The van der Waals surface area contributed by atoms with Crippen LogP contribution in [0.25, 0.3) is 17.1 Å². The average Bonchev–Trinajstić information content (AvgIpc) is 3.05. The molecular formula is C18H15BrN4OS. The molecule has 0 atom stereocenters. The average molecular weight is 415 g/mol. The number of nitriles is 1. The lowest BCUT2D eigenvalue weighted by Crippen LogP contribution is -2.00. The Morgan fingerprint density at radius 2 is 1.84 bits per heavy atom. The molecule has 25 heavy (non-hydrogen) atoms. The predicted molar refractivity (Wildman–Crippen MR) is 102 cm³/mol. The zero-order valence-corrected chi connectivity index (χ0v) is 15.9. The number of hydrogen-bond donors (Lipinski definition) is 0. The maximum atomic E-state index is 8.89. The highest BCUT2D eigenvalue weighted by Gasteiger charge is 2.16. The smallest absolute Gasteiger partial charge is 0.197 e. The number of ether oxygens (including phenoxy) is 1. The van der Waals surface area contributed by atoms with Crippen LogP contribution in [0.1, 0.15) is 6.92 Å². The Morgan fingerprint density at radius 1 is 1.12 bits per heavy atom. The topological polar surface area (TPSA) is 63.7 Å². The second-order valence-electron chi connectivity index (χ2n) is 5.02. The van der Waals surface area contributed by atoms with Crippen LogP contribution in [0.2, 0.25) is 0 Å². The van der Waals surface area contributed by atoms with E-state index in [0.29, 0.717) is 17.5 Å². The monoisotopic (exact) mass is 414 g/mol. The van der Waals surface area contributed by atoms with Gasteiger partial charge in [0.2, 0.25) is 0 Å². The molecule has 0 aliphatic heterocycles. The SMILES string of the molecule is CCOc1ccc(-n2c(SCC#N)nnc2-c2ccc(Br)cc2)cc1. The highest BCUT2D eigenvalue weighted by molar-refractivity contribution is 9.10. The number of aromatic nitrogens is 3. The summed E-state index contributed by atoms with van der Waals surface area (Å²) in [5, 5.41) is 18.2. The summed E-state index contributed by atoms with van der Waals surface area (Å²) in [5.41, 5.74) is 1.88. The van der Waals surface area contributed by atoms with Crippen LogP contribution < -0.4 is 4.74 Å². The number of benzene rings is 2. The van der Waals surface area contributed by atoms with Gasteiger partial charge in [-0.25, -0.2) is 0 Å². The Labute approximate surface area is 158 Å². The van der Waals surface area contributed by atoms with Crippen molar-refractivity contribution in [1.29, 1.82) is 5.26 Å². The molecule has 1 heterocycles. The normalized spacial score (nSPS) is 10.4. The number of thioether (sulfide) groups is 1. The van der Waals surface area contributed by atoms with E-state index in [0.717, 1.165) is 27.3 Å². The maximum absolute atomic E-state index is 8.89. The molecule has 1 aromatic heterocycles. The molecule has 0 amide bonds. The predicted octanol–water partition coefficient (Wildman–Crippen LogP) is 4.71. The van der Waals surface area contributed by atoms with Crippen molar-refractivity contribution in [1.82, 2.24) is 14.8 Å². The number of nitrogens with zero attached hydrogens (tertiary/aromatic N) is 4. The van der Waals surface area contributed by atoms with Crippen molar-refractivity contribution >= 4 is 27.7 Å². The van der Waals surface area contributed by atoms with Gasteiger partial charge in [-0.1, -0.05) is 39.8 Å². The van der Waals surface area contributed by atoms with Crippen LogP contribution in [0, 0.1) is 11.3 Å². The van der Waals surface area contributed by atoms with Gasteiger partial charge in [-0.3, -0.25) is 4.57 Å². The lowest BCUT2D eigenvalue weighted by atomic mass is 10.2. The third-order valence-corrected chi connectivity index (χ3v) is 4.73. The van der Waals surface area contributed by atoms with Crippen LogP contribution in [-0.2, 0) is 0 Å². The summed E-state index contributed by atoms with van der Waals surface area (Å²) < 4.78 is 8.47. The van der Waals surface area contributed by atoms with Crippen LogP contribution in [-0.4, -0.2) is 27.1 Å². The van der Waals surface area contributed by atoms with Gasteiger partial charge >= 0.3 is 0 Å². The molecule has 0 bridgehead atoms. The van der Waals surface area contributed by atoms with E-state index >= 15 is 0 Å². The van der Waals surface area contributed by atoms with E-state index in [4.69, 9.17) is 10.00 Å². The van der Waals surface area contributed by atoms with Crippen LogP contribution >= 0.6 is 27.7 Å². The van der Waals surface area contributed by atoms with E-state index in [2.05, 4.69) is 32.2 Å². The first kappa shape index (κ1) is 17.5. The summed E-state index contributed by atoms with van der Waals surface area (Å²) in [6, 6.07) is 17.8. The highest BCUT2D eigenvalue weighted by Crippen LogP contribution is 2.29. The minimum absolute atomic E-state index is 0.315. The minimum Gasteiger partial charge on any atom is -0.494 e. The third-order valence-electron chi connectivity index (χ3n) is 3.41.